The second kappa shape index (κ2) is 2.33. The van der Waals surface area contributed by atoms with Crippen LogP contribution < -0.4 is 0 Å². The zero-order valence-electron chi connectivity index (χ0n) is 5.81. The lowest BCUT2D eigenvalue weighted by atomic mass is 10.0. The maximum absolute atomic E-state index is 10.9. The predicted molar refractivity (Wildman–Crippen MR) is 36.1 cm³/mol. The van der Waals surface area contributed by atoms with Crippen molar-refractivity contribution >= 4 is 17.3 Å². The van der Waals surface area contributed by atoms with Crippen molar-refractivity contribution < 1.29 is 9.59 Å². The van der Waals surface area contributed by atoms with E-state index in [2.05, 4.69) is 0 Å². The molecule has 0 unspecified atom stereocenters. The number of hydrogen-bond donors (Lipinski definition) is 1. The van der Waals surface area contributed by atoms with Gasteiger partial charge in [-0.1, -0.05) is 0 Å². The van der Waals surface area contributed by atoms with Crippen LogP contribution in [0.15, 0.2) is 0 Å². The fourth-order valence-corrected chi connectivity index (χ4v) is 1.21. The van der Waals surface area contributed by atoms with Crippen molar-refractivity contribution in [3.63, 3.8) is 0 Å². The summed E-state index contributed by atoms with van der Waals surface area (Å²) in [5, 5.41) is 7.23. The molecule has 54 valence electrons. The Hall–Kier alpha value is -0.990. The third-order valence-corrected chi connectivity index (χ3v) is 1.72. The maximum atomic E-state index is 10.9. The summed E-state index contributed by atoms with van der Waals surface area (Å²) < 4.78 is 0. The van der Waals surface area contributed by atoms with Crippen LogP contribution in [-0.2, 0) is 9.59 Å². The molecule has 1 saturated carbocycles. The number of carbonyl (C=O) groups is 2. The topological polar surface area (TPSA) is 58.0 Å². The Labute approximate surface area is 58.9 Å². The first-order valence-corrected chi connectivity index (χ1v) is 3.23. The first-order chi connectivity index (χ1) is 4.63. The van der Waals surface area contributed by atoms with E-state index in [1.807, 2.05) is 0 Å². The van der Waals surface area contributed by atoms with Crippen LogP contribution in [0.1, 0.15) is 19.8 Å². The minimum Gasteiger partial charge on any atom is -0.308 e. The summed E-state index contributed by atoms with van der Waals surface area (Å²) in [7, 11) is 0. The van der Waals surface area contributed by atoms with E-state index in [0.717, 1.165) is 0 Å². The van der Waals surface area contributed by atoms with E-state index in [1.165, 1.54) is 6.92 Å². The second-order valence-corrected chi connectivity index (χ2v) is 2.54. The van der Waals surface area contributed by atoms with E-state index in [4.69, 9.17) is 5.41 Å². The molecule has 1 aliphatic carbocycles. The summed E-state index contributed by atoms with van der Waals surface area (Å²) in [6, 6.07) is 0. The van der Waals surface area contributed by atoms with Gasteiger partial charge in [0.1, 0.15) is 17.5 Å². The average molecular weight is 139 g/mol. The molecule has 0 aromatic rings. The Morgan fingerprint density at radius 2 is 2.20 bits per heavy atom. The van der Waals surface area contributed by atoms with Crippen LogP contribution >= 0.6 is 0 Å². The highest BCUT2D eigenvalue weighted by molar-refractivity contribution is 6.23. The quantitative estimate of drug-likeness (QED) is 0.540. The summed E-state index contributed by atoms with van der Waals surface area (Å²) in [6.45, 7) is 1.36. The van der Waals surface area contributed by atoms with Gasteiger partial charge in [0, 0.05) is 12.1 Å². The normalized spacial score (nSPS) is 25.5. The van der Waals surface area contributed by atoms with Crippen LogP contribution in [0.25, 0.3) is 0 Å². The molecule has 0 radical (unpaired) electrons. The molecule has 1 N–H and O–H groups in total. The van der Waals surface area contributed by atoms with Gasteiger partial charge in [0.05, 0.1) is 0 Å². The zero-order valence-corrected chi connectivity index (χ0v) is 5.81. The molecule has 0 aromatic carbocycles. The number of rotatable bonds is 1. The predicted octanol–water partition coefficient (Wildman–Crippen LogP) is 0.574. The molecule has 0 aliphatic heterocycles. The Morgan fingerprint density at radius 3 is 2.40 bits per heavy atom. The fourth-order valence-electron chi connectivity index (χ4n) is 1.21. The highest BCUT2D eigenvalue weighted by atomic mass is 16.1. The van der Waals surface area contributed by atoms with Gasteiger partial charge in [0.25, 0.3) is 0 Å². The average Bonchev–Trinajstić information content (AvgIpc) is 2.11. The van der Waals surface area contributed by atoms with E-state index < -0.39 is 5.92 Å². The zero-order chi connectivity index (χ0) is 7.72. The molecule has 3 nitrogen and oxygen atoms in total. The first-order valence-electron chi connectivity index (χ1n) is 3.23. The molecular formula is C7H9NO2. The molecule has 0 amide bonds. The molecule has 0 spiro atoms. The largest absolute Gasteiger partial charge is 0.308 e. The van der Waals surface area contributed by atoms with Crippen molar-refractivity contribution in [1.29, 1.82) is 5.41 Å². The highest BCUT2D eigenvalue weighted by Crippen LogP contribution is 2.18. The third kappa shape index (κ3) is 0.988. The van der Waals surface area contributed by atoms with Gasteiger partial charge in [-0.15, -0.1) is 0 Å². The van der Waals surface area contributed by atoms with Crippen LogP contribution in [0.3, 0.4) is 0 Å². The Balaban J connectivity index is 2.82. The Bertz CT molecular complexity index is 192. The van der Waals surface area contributed by atoms with E-state index in [1.54, 1.807) is 0 Å². The Kier molecular flexibility index (Phi) is 1.66. The van der Waals surface area contributed by atoms with Gasteiger partial charge >= 0.3 is 0 Å². The molecule has 10 heavy (non-hydrogen) atoms. The maximum Gasteiger partial charge on any atom is 0.149 e. The minimum absolute atomic E-state index is 0.0856. The molecule has 3 heteroatoms. The van der Waals surface area contributed by atoms with E-state index in [-0.39, 0.29) is 17.3 Å². The molecule has 1 fully saturated rings. The van der Waals surface area contributed by atoms with Gasteiger partial charge in [0.15, 0.2) is 0 Å². The van der Waals surface area contributed by atoms with Gasteiger partial charge in [0.2, 0.25) is 0 Å². The van der Waals surface area contributed by atoms with Gasteiger partial charge in [-0.05, 0) is 13.3 Å². The van der Waals surface area contributed by atoms with Gasteiger partial charge < -0.3 is 5.41 Å². The Morgan fingerprint density at radius 1 is 1.60 bits per heavy atom. The molecular weight excluding hydrogens is 130 g/mol. The van der Waals surface area contributed by atoms with Crippen molar-refractivity contribution in [1.82, 2.24) is 0 Å². The van der Waals surface area contributed by atoms with Crippen LogP contribution in [0.5, 0.6) is 0 Å². The molecule has 0 heterocycles. The lowest BCUT2D eigenvalue weighted by Crippen LogP contribution is -2.21. The smallest absolute Gasteiger partial charge is 0.149 e. The summed E-state index contributed by atoms with van der Waals surface area (Å²) in [4.78, 5) is 21.6. The standard InChI is InChI=1S/C7H9NO2/c1-4(9)7-5(8)2-3-6(7)10/h7-8H,2-3H2,1H3/t7-/m1/s1. The summed E-state index contributed by atoms with van der Waals surface area (Å²) in [5.74, 6) is -0.968. The van der Waals surface area contributed by atoms with Crippen LogP contribution in [0.2, 0.25) is 0 Å². The van der Waals surface area contributed by atoms with E-state index >= 15 is 0 Å². The summed E-state index contributed by atoms with van der Waals surface area (Å²) in [5.41, 5.74) is 0.289. The number of carbonyl (C=O) groups excluding carboxylic acids is 2. The van der Waals surface area contributed by atoms with Crippen molar-refractivity contribution in [2.75, 3.05) is 0 Å². The lowest BCUT2D eigenvalue weighted by molar-refractivity contribution is -0.127. The highest BCUT2D eigenvalue weighted by Gasteiger charge is 2.32. The van der Waals surface area contributed by atoms with Gasteiger partial charge in [-0.25, -0.2) is 0 Å². The van der Waals surface area contributed by atoms with Crippen LogP contribution in [0.4, 0.5) is 0 Å². The van der Waals surface area contributed by atoms with E-state index in [9.17, 15) is 9.59 Å². The molecule has 1 aliphatic rings. The van der Waals surface area contributed by atoms with Gasteiger partial charge in [-0.3, -0.25) is 9.59 Å². The van der Waals surface area contributed by atoms with Crippen molar-refractivity contribution in [3.05, 3.63) is 0 Å². The monoisotopic (exact) mass is 139 g/mol. The van der Waals surface area contributed by atoms with Crippen LogP contribution in [-0.4, -0.2) is 17.3 Å². The third-order valence-electron chi connectivity index (χ3n) is 1.72. The number of hydrogen-bond acceptors (Lipinski definition) is 3. The van der Waals surface area contributed by atoms with Crippen molar-refractivity contribution in [2.24, 2.45) is 5.92 Å². The van der Waals surface area contributed by atoms with Crippen LogP contribution in [0, 0.1) is 11.3 Å². The van der Waals surface area contributed by atoms with E-state index in [0.29, 0.717) is 12.8 Å². The lowest BCUT2D eigenvalue weighted by Gasteiger charge is -2.00. The molecule has 0 saturated heterocycles. The van der Waals surface area contributed by atoms with Gasteiger partial charge in [-0.2, -0.15) is 0 Å². The number of nitrogens with one attached hydrogen (secondary N) is 1. The molecule has 1 rings (SSSR count). The second-order valence-electron chi connectivity index (χ2n) is 2.54. The molecule has 0 aromatic heterocycles. The number of ketones is 2. The fraction of sp³-hybridized carbons (Fsp3) is 0.571. The molecule has 1 atom stereocenters. The first kappa shape index (κ1) is 7.12. The van der Waals surface area contributed by atoms with Crippen molar-refractivity contribution in [3.8, 4) is 0 Å². The minimum atomic E-state index is -0.694. The summed E-state index contributed by atoms with van der Waals surface area (Å²) >= 11 is 0. The molecule has 0 bridgehead atoms. The summed E-state index contributed by atoms with van der Waals surface area (Å²) in [6.07, 6.45) is 0.853. The van der Waals surface area contributed by atoms with Crippen molar-refractivity contribution in [2.45, 2.75) is 19.8 Å². The SMILES string of the molecule is CC(=O)[C@@H]1C(=N)CCC1=O. The number of Topliss-reactive ketones (excluding diaryl/α,β-unsaturated/α-hetero) is 2.